The first kappa shape index (κ1) is 11.9. The number of hydrogen-bond donors (Lipinski definition) is 3. The highest BCUT2D eigenvalue weighted by Gasteiger charge is 2.06. The molecule has 0 unspecified atom stereocenters. The van der Waals surface area contributed by atoms with Crippen molar-refractivity contribution in [3.63, 3.8) is 0 Å². The molecule has 1 rings (SSSR count). The second-order valence-electron chi connectivity index (χ2n) is 2.83. The number of primary sulfonamides is 1. The van der Waals surface area contributed by atoms with Crippen LogP contribution in [0.3, 0.4) is 0 Å². The molecule has 1 aromatic rings. The number of rotatable bonds is 6. The molecule has 1 heterocycles. The van der Waals surface area contributed by atoms with E-state index in [9.17, 15) is 8.42 Å². The maximum Gasteiger partial charge on any atom is 0.315 e. The lowest BCUT2D eigenvalue weighted by molar-refractivity contribution is 0.490. The number of anilines is 1. The zero-order valence-electron chi connectivity index (χ0n) is 8.23. The zero-order valence-corrected chi connectivity index (χ0v) is 9.04. The third-order valence-corrected chi connectivity index (χ3v) is 2.23. The maximum absolute atomic E-state index is 10.6. The predicted octanol–water partition coefficient (Wildman–Crippen LogP) is -1.51. The Morgan fingerprint density at radius 3 is 2.80 bits per heavy atom. The maximum atomic E-state index is 10.6. The molecule has 86 valence electrons. The minimum absolute atomic E-state index is 0.139. The van der Waals surface area contributed by atoms with Crippen molar-refractivity contribution < 1.29 is 12.8 Å². The molecule has 0 aliphatic carbocycles. The van der Waals surface area contributed by atoms with Gasteiger partial charge in [-0.15, -0.1) is 5.10 Å². The fraction of sp³-hybridized carbons (Fsp3) is 0.667. The SMILES string of the molecule is CNCc1nnc(NCCS(N)(=O)=O)o1. The van der Waals surface area contributed by atoms with E-state index in [2.05, 4.69) is 20.8 Å². The molecule has 0 spiro atoms. The summed E-state index contributed by atoms with van der Waals surface area (Å²) in [5, 5.41) is 17.6. The van der Waals surface area contributed by atoms with Crippen LogP contribution in [0.5, 0.6) is 0 Å². The van der Waals surface area contributed by atoms with E-state index in [1.807, 2.05) is 0 Å². The summed E-state index contributed by atoms with van der Waals surface area (Å²) >= 11 is 0. The molecule has 0 bridgehead atoms. The van der Waals surface area contributed by atoms with Crippen LogP contribution >= 0.6 is 0 Å². The number of hydrogen-bond acceptors (Lipinski definition) is 7. The second-order valence-corrected chi connectivity index (χ2v) is 4.56. The fourth-order valence-corrected chi connectivity index (χ4v) is 1.23. The minimum atomic E-state index is -3.46. The van der Waals surface area contributed by atoms with E-state index in [0.29, 0.717) is 12.4 Å². The van der Waals surface area contributed by atoms with Crippen LogP contribution in [0, 0.1) is 0 Å². The number of nitrogens with zero attached hydrogens (tertiary/aromatic N) is 2. The summed E-state index contributed by atoms with van der Waals surface area (Å²) in [4.78, 5) is 0. The lowest BCUT2D eigenvalue weighted by Gasteiger charge is -1.98. The van der Waals surface area contributed by atoms with E-state index in [-0.39, 0.29) is 18.3 Å². The van der Waals surface area contributed by atoms with Crippen LogP contribution in [-0.4, -0.2) is 38.0 Å². The summed E-state index contributed by atoms with van der Waals surface area (Å²) in [7, 11) is -1.71. The molecule has 0 aliphatic rings. The van der Waals surface area contributed by atoms with Crippen molar-refractivity contribution in [1.29, 1.82) is 0 Å². The summed E-state index contributed by atoms with van der Waals surface area (Å²) in [5.41, 5.74) is 0. The highest BCUT2D eigenvalue weighted by Crippen LogP contribution is 2.03. The van der Waals surface area contributed by atoms with Gasteiger partial charge in [-0.05, 0) is 7.05 Å². The fourth-order valence-electron chi connectivity index (χ4n) is 0.848. The number of nitrogens with one attached hydrogen (secondary N) is 2. The Bertz CT molecular complexity index is 401. The summed E-state index contributed by atoms with van der Waals surface area (Å²) in [6.45, 7) is 0.601. The molecular weight excluding hydrogens is 222 g/mol. The van der Waals surface area contributed by atoms with Gasteiger partial charge in [-0.2, -0.15) is 0 Å². The van der Waals surface area contributed by atoms with E-state index in [1.54, 1.807) is 7.05 Å². The third-order valence-electron chi connectivity index (χ3n) is 1.46. The quantitative estimate of drug-likeness (QED) is 0.547. The monoisotopic (exact) mass is 235 g/mol. The molecule has 0 amide bonds. The van der Waals surface area contributed by atoms with E-state index in [0.717, 1.165) is 0 Å². The van der Waals surface area contributed by atoms with Gasteiger partial charge in [0.05, 0.1) is 12.3 Å². The Kier molecular flexibility index (Phi) is 4.00. The summed E-state index contributed by atoms with van der Waals surface area (Å²) in [6.07, 6.45) is 0. The van der Waals surface area contributed by atoms with Crippen molar-refractivity contribution >= 4 is 16.0 Å². The summed E-state index contributed by atoms with van der Waals surface area (Å²) in [6, 6.07) is 0.184. The topological polar surface area (TPSA) is 123 Å². The molecule has 8 nitrogen and oxygen atoms in total. The third kappa shape index (κ3) is 4.72. The molecule has 1 aromatic heterocycles. The number of nitrogens with two attached hydrogens (primary N) is 1. The van der Waals surface area contributed by atoms with Crippen LogP contribution in [0.4, 0.5) is 6.01 Å². The molecule has 9 heteroatoms. The number of aromatic nitrogens is 2. The van der Waals surface area contributed by atoms with E-state index >= 15 is 0 Å². The van der Waals surface area contributed by atoms with Gasteiger partial charge in [-0.25, -0.2) is 13.6 Å². The van der Waals surface area contributed by atoms with Gasteiger partial charge in [0, 0.05) is 6.54 Å². The first-order valence-electron chi connectivity index (χ1n) is 4.22. The molecule has 0 radical (unpaired) electrons. The van der Waals surface area contributed by atoms with E-state index in [1.165, 1.54) is 0 Å². The Hall–Kier alpha value is -1.19. The van der Waals surface area contributed by atoms with Crippen LogP contribution in [-0.2, 0) is 16.6 Å². The molecular formula is C6H13N5O3S. The second kappa shape index (κ2) is 5.05. The van der Waals surface area contributed by atoms with Gasteiger partial charge in [0.1, 0.15) is 0 Å². The van der Waals surface area contributed by atoms with Crippen molar-refractivity contribution in [3.8, 4) is 0 Å². The molecule has 4 N–H and O–H groups in total. The van der Waals surface area contributed by atoms with Crippen molar-refractivity contribution in [2.45, 2.75) is 6.54 Å². The molecule has 0 atom stereocenters. The van der Waals surface area contributed by atoms with Crippen LogP contribution in [0.15, 0.2) is 4.42 Å². The Morgan fingerprint density at radius 1 is 1.47 bits per heavy atom. The van der Waals surface area contributed by atoms with Gasteiger partial charge in [0.15, 0.2) is 0 Å². The Morgan fingerprint density at radius 2 is 2.20 bits per heavy atom. The van der Waals surface area contributed by atoms with Crippen LogP contribution < -0.4 is 15.8 Å². The van der Waals surface area contributed by atoms with Gasteiger partial charge in [0.2, 0.25) is 15.9 Å². The molecule has 0 aromatic carbocycles. The van der Waals surface area contributed by atoms with Crippen molar-refractivity contribution in [1.82, 2.24) is 15.5 Å². The molecule has 15 heavy (non-hydrogen) atoms. The van der Waals surface area contributed by atoms with Crippen molar-refractivity contribution in [3.05, 3.63) is 5.89 Å². The number of sulfonamides is 1. The Labute approximate surface area is 87.3 Å². The average molecular weight is 235 g/mol. The highest BCUT2D eigenvalue weighted by atomic mass is 32.2. The molecule has 0 fully saturated rings. The lowest BCUT2D eigenvalue weighted by atomic mass is 10.6. The van der Waals surface area contributed by atoms with E-state index < -0.39 is 10.0 Å². The first-order chi connectivity index (χ1) is 7.01. The average Bonchev–Trinajstić information content (AvgIpc) is 2.51. The van der Waals surface area contributed by atoms with Crippen molar-refractivity contribution in [2.24, 2.45) is 5.14 Å². The van der Waals surface area contributed by atoms with Crippen molar-refractivity contribution in [2.75, 3.05) is 24.7 Å². The first-order valence-corrected chi connectivity index (χ1v) is 5.94. The standard InChI is InChI=1S/C6H13N5O3S/c1-8-4-5-10-11-6(14-5)9-2-3-15(7,12)13/h8H,2-4H2,1H3,(H,9,11)(H2,7,12,13). The van der Waals surface area contributed by atoms with Gasteiger partial charge in [-0.3, -0.25) is 0 Å². The molecule has 0 saturated carbocycles. The van der Waals surface area contributed by atoms with Crippen LogP contribution in [0.2, 0.25) is 0 Å². The van der Waals surface area contributed by atoms with Gasteiger partial charge < -0.3 is 15.1 Å². The Balaban J connectivity index is 2.38. The molecule has 0 aliphatic heterocycles. The van der Waals surface area contributed by atoms with E-state index in [4.69, 9.17) is 9.56 Å². The predicted molar refractivity (Wildman–Crippen MR) is 53.5 cm³/mol. The normalized spacial score (nSPS) is 11.6. The minimum Gasteiger partial charge on any atom is -0.407 e. The van der Waals surface area contributed by atoms with Gasteiger partial charge in [-0.1, -0.05) is 5.10 Å². The lowest BCUT2D eigenvalue weighted by Crippen LogP contribution is -2.22. The summed E-state index contributed by atoms with van der Waals surface area (Å²) < 4.78 is 26.3. The van der Waals surface area contributed by atoms with Crippen LogP contribution in [0.1, 0.15) is 5.89 Å². The smallest absolute Gasteiger partial charge is 0.315 e. The summed E-state index contributed by atoms with van der Waals surface area (Å²) in [5.74, 6) is 0.243. The van der Waals surface area contributed by atoms with Gasteiger partial charge in [0.25, 0.3) is 0 Å². The largest absolute Gasteiger partial charge is 0.407 e. The van der Waals surface area contributed by atoms with Crippen LogP contribution in [0.25, 0.3) is 0 Å². The highest BCUT2D eigenvalue weighted by molar-refractivity contribution is 7.89. The zero-order chi connectivity index (χ0) is 11.3. The molecule has 0 saturated heterocycles. The van der Waals surface area contributed by atoms with Gasteiger partial charge >= 0.3 is 6.01 Å².